The van der Waals surface area contributed by atoms with Gasteiger partial charge in [-0.05, 0) is 48.3 Å². The summed E-state index contributed by atoms with van der Waals surface area (Å²) in [6.07, 6.45) is 2.49. The van der Waals surface area contributed by atoms with E-state index in [0.29, 0.717) is 23.3 Å². The number of benzene rings is 2. The molecule has 1 N–H and O–H groups in total. The molecule has 1 aliphatic carbocycles. The Morgan fingerprint density at radius 3 is 2.64 bits per heavy atom. The third-order valence-electron chi connectivity index (χ3n) is 6.69. The van der Waals surface area contributed by atoms with Crippen molar-refractivity contribution in [2.24, 2.45) is 11.3 Å². The average Bonchev–Trinajstić information content (AvgIpc) is 2.85. The number of hydrogen-bond acceptors (Lipinski definition) is 7. The molecule has 0 aliphatic heterocycles. The van der Waals surface area contributed by atoms with Crippen molar-refractivity contribution in [3.05, 3.63) is 69.4 Å². The number of fused-ring (bicyclic) bond motifs is 2. The zero-order valence-corrected chi connectivity index (χ0v) is 20.8. The van der Waals surface area contributed by atoms with E-state index < -0.39 is 23.4 Å². The second-order valence-electron chi connectivity index (χ2n) is 10.0. The number of hydrogen-bond donors (Lipinski definition) is 1. The molecule has 1 heterocycles. The number of pyridine rings is 1. The molecule has 9 nitrogen and oxygen atoms in total. The van der Waals surface area contributed by atoms with E-state index >= 15 is 0 Å². The van der Waals surface area contributed by atoms with E-state index in [1.807, 2.05) is 24.3 Å². The molecule has 0 fully saturated rings. The number of ether oxygens (including phenoxy) is 2. The predicted molar refractivity (Wildman–Crippen MR) is 135 cm³/mol. The van der Waals surface area contributed by atoms with Crippen LogP contribution in [-0.2, 0) is 22.4 Å². The lowest BCUT2D eigenvalue weighted by Gasteiger charge is -2.35. The smallest absolute Gasteiger partial charge is 0.339 e. The Hall–Kier alpha value is -4.01. The number of esters is 1. The second kappa shape index (κ2) is 9.93. The number of para-hydroxylation sites is 1. The summed E-state index contributed by atoms with van der Waals surface area (Å²) >= 11 is 0. The van der Waals surface area contributed by atoms with Gasteiger partial charge in [0.1, 0.15) is 5.75 Å². The highest BCUT2D eigenvalue weighted by Crippen LogP contribution is 2.39. The molecule has 9 heteroatoms. The van der Waals surface area contributed by atoms with Gasteiger partial charge in [0.2, 0.25) is 0 Å². The van der Waals surface area contributed by atoms with Gasteiger partial charge in [-0.2, -0.15) is 0 Å². The fraction of sp³-hybridized carbons (Fsp3) is 0.370. The molecule has 188 valence electrons. The van der Waals surface area contributed by atoms with E-state index in [2.05, 4.69) is 26.1 Å². The van der Waals surface area contributed by atoms with Crippen molar-refractivity contribution in [1.82, 2.24) is 4.98 Å². The molecule has 0 bridgehead atoms. The molecule has 4 rings (SSSR count). The van der Waals surface area contributed by atoms with Gasteiger partial charge in [0.25, 0.3) is 11.6 Å². The molecule has 3 aromatic rings. The molecule has 1 unspecified atom stereocenters. The topological polar surface area (TPSA) is 121 Å². The van der Waals surface area contributed by atoms with Crippen LogP contribution in [0.3, 0.4) is 0 Å². The van der Waals surface area contributed by atoms with E-state index in [1.54, 1.807) is 0 Å². The van der Waals surface area contributed by atoms with Crippen molar-refractivity contribution < 1.29 is 24.0 Å². The van der Waals surface area contributed by atoms with Crippen molar-refractivity contribution in [2.75, 3.05) is 19.0 Å². The van der Waals surface area contributed by atoms with Gasteiger partial charge in [-0.1, -0.05) is 39.0 Å². The average molecular weight is 492 g/mol. The van der Waals surface area contributed by atoms with Crippen LogP contribution in [0.1, 0.15) is 48.8 Å². The summed E-state index contributed by atoms with van der Waals surface area (Å²) in [5, 5.41) is 14.3. The summed E-state index contributed by atoms with van der Waals surface area (Å²) in [7, 11) is 1.34. The summed E-state index contributed by atoms with van der Waals surface area (Å²) in [6.45, 7) is 6.08. The number of nitro groups is 1. The maximum absolute atomic E-state index is 13.4. The number of nitro benzene ring substituents is 1. The lowest BCUT2D eigenvalue weighted by Crippen LogP contribution is -2.29. The van der Waals surface area contributed by atoms with Crippen LogP contribution in [0.15, 0.2) is 42.5 Å². The van der Waals surface area contributed by atoms with Gasteiger partial charge >= 0.3 is 5.97 Å². The number of carbonyl (C=O) groups excluding carboxylic acids is 2. The summed E-state index contributed by atoms with van der Waals surface area (Å²) < 4.78 is 10.6. The summed E-state index contributed by atoms with van der Waals surface area (Å²) in [4.78, 5) is 41.2. The molecule has 0 saturated heterocycles. The minimum atomic E-state index is -0.588. The molecule has 0 spiro atoms. The molecular formula is C27H29N3O6. The number of methoxy groups -OCH3 is 1. The number of amides is 1. The van der Waals surface area contributed by atoms with Crippen LogP contribution in [-0.4, -0.2) is 35.5 Å². The van der Waals surface area contributed by atoms with Crippen LogP contribution in [0, 0.1) is 21.4 Å². The van der Waals surface area contributed by atoms with Gasteiger partial charge in [-0.15, -0.1) is 0 Å². The van der Waals surface area contributed by atoms with Crippen LogP contribution in [0.2, 0.25) is 0 Å². The van der Waals surface area contributed by atoms with E-state index in [0.717, 1.165) is 29.6 Å². The number of anilines is 1. The highest BCUT2D eigenvalue weighted by molar-refractivity contribution is 6.06. The van der Waals surface area contributed by atoms with Crippen LogP contribution in [0.5, 0.6) is 5.75 Å². The highest BCUT2D eigenvalue weighted by atomic mass is 16.6. The van der Waals surface area contributed by atoms with Crippen molar-refractivity contribution in [3.8, 4) is 5.75 Å². The molecule has 0 radical (unpaired) electrons. The number of nitrogens with zero attached hydrogens (tertiary/aromatic N) is 2. The maximum Gasteiger partial charge on any atom is 0.339 e. The van der Waals surface area contributed by atoms with Crippen molar-refractivity contribution in [1.29, 1.82) is 0 Å². The Balaban J connectivity index is 1.56. The summed E-state index contributed by atoms with van der Waals surface area (Å²) in [6, 6.07) is 11.3. The number of carbonyl (C=O) groups is 2. The van der Waals surface area contributed by atoms with Crippen molar-refractivity contribution >= 4 is 34.2 Å². The molecule has 2 aromatic carbocycles. The molecule has 1 amide bonds. The lowest BCUT2D eigenvalue weighted by atomic mass is 9.70. The minimum Gasteiger partial charge on any atom is -0.494 e. The highest BCUT2D eigenvalue weighted by Gasteiger charge is 2.33. The van der Waals surface area contributed by atoms with Crippen molar-refractivity contribution in [3.63, 3.8) is 0 Å². The Morgan fingerprint density at radius 1 is 1.19 bits per heavy atom. The molecule has 36 heavy (non-hydrogen) atoms. The molecule has 1 atom stereocenters. The maximum atomic E-state index is 13.4. The normalized spacial score (nSPS) is 15.2. The fourth-order valence-corrected chi connectivity index (χ4v) is 4.65. The molecular weight excluding hydrogens is 462 g/mol. The Kier molecular flexibility index (Phi) is 6.92. The quantitative estimate of drug-likeness (QED) is 0.289. The molecule has 1 aromatic heterocycles. The molecule has 1 aliphatic rings. The molecule has 0 saturated carbocycles. The third-order valence-corrected chi connectivity index (χ3v) is 6.69. The zero-order chi connectivity index (χ0) is 26.0. The standard InChI is InChI=1S/C27H29N3O6/c1-27(2,3)16-9-11-21-19(13-16)25(18-7-5-6-8-20(18)28-21)26(32)36-15-24(31)29-22-12-10-17(30(33)34)14-23(22)35-4/h5-8,10,12,14,16H,9,11,13,15H2,1-4H3,(H,29,31). The monoisotopic (exact) mass is 491 g/mol. The van der Waals surface area contributed by atoms with Crippen LogP contribution < -0.4 is 10.1 Å². The number of nitrogens with one attached hydrogen (secondary N) is 1. The van der Waals surface area contributed by atoms with E-state index in [-0.39, 0.29) is 22.5 Å². The minimum absolute atomic E-state index is 0.0776. The van der Waals surface area contributed by atoms with Gasteiger partial charge in [0.05, 0.1) is 34.9 Å². The van der Waals surface area contributed by atoms with E-state index in [9.17, 15) is 19.7 Å². The number of aromatic nitrogens is 1. The summed E-state index contributed by atoms with van der Waals surface area (Å²) in [5.41, 5.74) is 3.13. The number of aryl methyl sites for hydroxylation is 1. The zero-order valence-electron chi connectivity index (χ0n) is 20.8. The fourth-order valence-electron chi connectivity index (χ4n) is 4.65. The van der Waals surface area contributed by atoms with Crippen LogP contribution in [0.25, 0.3) is 10.9 Å². The first kappa shape index (κ1) is 25.1. The largest absolute Gasteiger partial charge is 0.494 e. The van der Waals surface area contributed by atoms with E-state index in [4.69, 9.17) is 14.5 Å². The number of non-ortho nitro benzene ring substituents is 1. The first-order chi connectivity index (χ1) is 17.1. The summed E-state index contributed by atoms with van der Waals surface area (Å²) in [5.74, 6) is -0.649. The van der Waals surface area contributed by atoms with Crippen LogP contribution in [0.4, 0.5) is 11.4 Å². The van der Waals surface area contributed by atoms with Gasteiger partial charge < -0.3 is 14.8 Å². The first-order valence-electron chi connectivity index (χ1n) is 11.8. The van der Waals surface area contributed by atoms with Gasteiger partial charge in [0, 0.05) is 17.1 Å². The van der Waals surface area contributed by atoms with Gasteiger partial charge in [-0.25, -0.2) is 4.79 Å². The number of rotatable bonds is 6. The van der Waals surface area contributed by atoms with E-state index in [1.165, 1.54) is 25.3 Å². The third kappa shape index (κ3) is 5.15. The predicted octanol–water partition coefficient (Wildman–Crippen LogP) is 5.10. The van der Waals surface area contributed by atoms with Crippen molar-refractivity contribution in [2.45, 2.75) is 40.0 Å². The Morgan fingerprint density at radius 2 is 1.94 bits per heavy atom. The lowest BCUT2D eigenvalue weighted by molar-refractivity contribution is -0.384. The second-order valence-corrected chi connectivity index (χ2v) is 10.0. The Labute approximate surface area is 209 Å². The Bertz CT molecular complexity index is 1350. The first-order valence-corrected chi connectivity index (χ1v) is 11.8. The van der Waals surface area contributed by atoms with Crippen LogP contribution >= 0.6 is 0 Å². The van der Waals surface area contributed by atoms with Gasteiger partial charge in [-0.3, -0.25) is 19.9 Å². The van der Waals surface area contributed by atoms with Gasteiger partial charge in [0.15, 0.2) is 6.61 Å². The SMILES string of the molecule is COc1cc([N+](=O)[O-])ccc1NC(=O)COC(=O)c1c2c(nc3ccccc13)CCC(C(C)(C)C)C2.